The second kappa shape index (κ2) is 8.27. The third kappa shape index (κ3) is 5.10. The summed E-state index contributed by atoms with van der Waals surface area (Å²) in [7, 11) is 1.79. The zero-order chi connectivity index (χ0) is 11.2. The minimum atomic E-state index is 0. The van der Waals surface area contributed by atoms with Gasteiger partial charge in [-0.2, -0.15) is 0 Å². The summed E-state index contributed by atoms with van der Waals surface area (Å²) in [4.78, 5) is 0. The fourth-order valence-electron chi connectivity index (χ4n) is 2.44. The molecule has 0 radical (unpaired) electrons. The summed E-state index contributed by atoms with van der Waals surface area (Å²) in [5, 5.41) is 3.31. The van der Waals surface area contributed by atoms with E-state index in [-0.39, 0.29) is 18.5 Å². The lowest BCUT2D eigenvalue weighted by Crippen LogP contribution is -2.42. The molecule has 0 amide bonds. The molecule has 5 heteroatoms. The summed E-state index contributed by atoms with van der Waals surface area (Å²) >= 11 is 0. The molecule has 1 heterocycles. The first kappa shape index (κ1) is 15.2. The van der Waals surface area contributed by atoms with Crippen LogP contribution < -0.4 is 5.32 Å². The molecule has 1 saturated carbocycles. The average Bonchev–Trinajstić information content (AvgIpc) is 2.38. The Morgan fingerprint density at radius 2 is 2.12 bits per heavy atom. The van der Waals surface area contributed by atoms with Crippen molar-refractivity contribution in [1.82, 2.24) is 5.32 Å². The molecule has 0 spiro atoms. The molecule has 102 valence electrons. The van der Waals surface area contributed by atoms with Gasteiger partial charge in [-0.25, -0.2) is 0 Å². The van der Waals surface area contributed by atoms with Crippen LogP contribution in [-0.2, 0) is 14.2 Å². The maximum atomic E-state index is 5.91. The van der Waals surface area contributed by atoms with Gasteiger partial charge >= 0.3 is 0 Å². The van der Waals surface area contributed by atoms with Gasteiger partial charge in [0.05, 0.1) is 31.5 Å². The monoisotopic (exact) mass is 265 g/mol. The normalized spacial score (nSPS) is 34.1. The van der Waals surface area contributed by atoms with Crippen LogP contribution in [0.1, 0.15) is 25.7 Å². The minimum absolute atomic E-state index is 0. The Labute approximate surface area is 110 Å². The molecule has 2 rings (SSSR count). The number of methoxy groups -OCH3 is 1. The van der Waals surface area contributed by atoms with Gasteiger partial charge in [0.25, 0.3) is 0 Å². The van der Waals surface area contributed by atoms with Gasteiger partial charge in [0.2, 0.25) is 0 Å². The average molecular weight is 266 g/mol. The lowest BCUT2D eigenvalue weighted by molar-refractivity contribution is -0.0802. The minimum Gasteiger partial charge on any atom is -0.381 e. The van der Waals surface area contributed by atoms with E-state index in [2.05, 4.69) is 5.32 Å². The summed E-state index contributed by atoms with van der Waals surface area (Å²) < 4.78 is 16.9. The van der Waals surface area contributed by atoms with Crippen LogP contribution in [0.25, 0.3) is 0 Å². The number of hydrogen-bond acceptors (Lipinski definition) is 4. The van der Waals surface area contributed by atoms with Gasteiger partial charge < -0.3 is 19.5 Å². The first-order chi connectivity index (χ1) is 7.88. The third-order valence-electron chi connectivity index (χ3n) is 3.43. The highest BCUT2D eigenvalue weighted by atomic mass is 35.5. The molecule has 1 aliphatic carbocycles. The highest BCUT2D eigenvalue weighted by molar-refractivity contribution is 5.85. The van der Waals surface area contributed by atoms with E-state index in [1.807, 2.05) is 0 Å². The zero-order valence-electron chi connectivity index (χ0n) is 10.5. The van der Waals surface area contributed by atoms with E-state index in [1.165, 1.54) is 19.3 Å². The van der Waals surface area contributed by atoms with Crippen molar-refractivity contribution in [3.63, 3.8) is 0 Å². The standard InChI is InChI=1S/C12H23NO3.ClH/c1-14-10-3-2-4-11(7-10)16-9-12-8-13-5-6-15-12;/h10-13H,2-9H2,1H3;1H. The van der Waals surface area contributed by atoms with E-state index in [0.717, 1.165) is 26.1 Å². The lowest BCUT2D eigenvalue weighted by atomic mass is 9.95. The Hall–Kier alpha value is 0.130. The molecule has 4 nitrogen and oxygen atoms in total. The summed E-state index contributed by atoms with van der Waals surface area (Å²) in [5.41, 5.74) is 0. The summed E-state index contributed by atoms with van der Waals surface area (Å²) in [6.45, 7) is 3.40. The van der Waals surface area contributed by atoms with Crippen molar-refractivity contribution in [2.24, 2.45) is 0 Å². The molecular formula is C12H24ClNO3. The number of morpholine rings is 1. The Morgan fingerprint density at radius 1 is 1.29 bits per heavy atom. The van der Waals surface area contributed by atoms with Crippen LogP contribution in [0.4, 0.5) is 0 Å². The Kier molecular flexibility index (Phi) is 7.39. The first-order valence-electron chi connectivity index (χ1n) is 6.35. The van der Waals surface area contributed by atoms with Gasteiger partial charge in [-0.05, 0) is 25.7 Å². The fraction of sp³-hybridized carbons (Fsp3) is 1.00. The van der Waals surface area contributed by atoms with Crippen LogP contribution in [0.3, 0.4) is 0 Å². The van der Waals surface area contributed by atoms with Crippen molar-refractivity contribution in [1.29, 1.82) is 0 Å². The number of halogens is 1. The quantitative estimate of drug-likeness (QED) is 0.834. The topological polar surface area (TPSA) is 39.7 Å². The molecule has 2 aliphatic rings. The van der Waals surface area contributed by atoms with Crippen LogP contribution >= 0.6 is 12.4 Å². The van der Waals surface area contributed by atoms with Gasteiger partial charge in [0.15, 0.2) is 0 Å². The largest absolute Gasteiger partial charge is 0.381 e. The maximum absolute atomic E-state index is 5.91. The van der Waals surface area contributed by atoms with E-state index >= 15 is 0 Å². The maximum Gasteiger partial charge on any atom is 0.0933 e. The van der Waals surface area contributed by atoms with E-state index in [1.54, 1.807) is 7.11 Å². The summed E-state index contributed by atoms with van der Waals surface area (Å²) in [6, 6.07) is 0. The zero-order valence-corrected chi connectivity index (χ0v) is 11.3. The van der Waals surface area contributed by atoms with E-state index in [9.17, 15) is 0 Å². The number of ether oxygens (including phenoxy) is 3. The van der Waals surface area contributed by atoms with E-state index in [4.69, 9.17) is 14.2 Å². The lowest BCUT2D eigenvalue weighted by Gasteiger charge is -2.30. The van der Waals surface area contributed by atoms with E-state index < -0.39 is 0 Å². The molecule has 3 atom stereocenters. The van der Waals surface area contributed by atoms with Crippen molar-refractivity contribution in [3.8, 4) is 0 Å². The molecule has 1 saturated heterocycles. The Morgan fingerprint density at radius 3 is 2.82 bits per heavy atom. The number of hydrogen-bond donors (Lipinski definition) is 1. The van der Waals surface area contributed by atoms with Crippen molar-refractivity contribution in [2.75, 3.05) is 33.4 Å². The first-order valence-corrected chi connectivity index (χ1v) is 6.35. The van der Waals surface area contributed by atoms with Crippen molar-refractivity contribution in [3.05, 3.63) is 0 Å². The number of nitrogens with one attached hydrogen (secondary N) is 1. The SMILES string of the molecule is COC1CCCC(OCC2CNCCO2)C1.Cl. The highest BCUT2D eigenvalue weighted by Gasteiger charge is 2.23. The molecular weight excluding hydrogens is 242 g/mol. The van der Waals surface area contributed by atoms with Crippen LogP contribution in [0, 0.1) is 0 Å². The Bertz CT molecular complexity index is 200. The molecule has 1 aliphatic heterocycles. The highest BCUT2D eigenvalue weighted by Crippen LogP contribution is 2.23. The van der Waals surface area contributed by atoms with Gasteiger partial charge in [-0.1, -0.05) is 0 Å². The van der Waals surface area contributed by atoms with Gasteiger partial charge in [0, 0.05) is 20.2 Å². The molecule has 17 heavy (non-hydrogen) atoms. The molecule has 3 unspecified atom stereocenters. The molecule has 0 aromatic rings. The van der Waals surface area contributed by atoms with Gasteiger partial charge in [-0.3, -0.25) is 0 Å². The van der Waals surface area contributed by atoms with Crippen LogP contribution in [0.2, 0.25) is 0 Å². The van der Waals surface area contributed by atoms with Crippen molar-refractivity contribution in [2.45, 2.75) is 44.0 Å². The third-order valence-corrected chi connectivity index (χ3v) is 3.43. The van der Waals surface area contributed by atoms with Crippen LogP contribution in [-0.4, -0.2) is 51.7 Å². The van der Waals surface area contributed by atoms with E-state index in [0.29, 0.717) is 18.8 Å². The predicted octanol–water partition coefficient (Wildman–Crippen LogP) is 1.37. The predicted molar refractivity (Wildman–Crippen MR) is 68.9 cm³/mol. The smallest absolute Gasteiger partial charge is 0.0933 e. The summed E-state index contributed by atoms with van der Waals surface area (Å²) in [5.74, 6) is 0. The molecule has 0 bridgehead atoms. The fourth-order valence-corrected chi connectivity index (χ4v) is 2.44. The van der Waals surface area contributed by atoms with Gasteiger partial charge in [0.1, 0.15) is 0 Å². The van der Waals surface area contributed by atoms with Crippen LogP contribution in [0.15, 0.2) is 0 Å². The number of rotatable bonds is 4. The van der Waals surface area contributed by atoms with Crippen molar-refractivity contribution < 1.29 is 14.2 Å². The second-order valence-corrected chi connectivity index (χ2v) is 4.68. The molecule has 2 fully saturated rings. The molecule has 0 aromatic heterocycles. The molecule has 1 N–H and O–H groups in total. The second-order valence-electron chi connectivity index (χ2n) is 4.68. The van der Waals surface area contributed by atoms with Crippen LogP contribution in [0.5, 0.6) is 0 Å². The van der Waals surface area contributed by atoms with Crippen molar-refractivity contribution >= 4 is 12.4 Å². The van der Waals surface area contributed by atoms with Gasteiger partial charge in [-0.15, -0.1) is 12.4 Å². The summed E-state index contributed by atoms with van der Waals surface area (Å²) in [6.07, 6.45) is 5.59. The molecule has 0 aromatic carbocycles. The Balaban J connectivity index is 0.00000144.